The van der Waals surface area contributed by atoms with Gasteiger partial charge in [-0.15, -0.1) is 0 Å². The van der Waals surface area contributed by atoms with Crippen molar-refractivity contribution in [1.29, 1.82) is 0 Å². The van der Waals surface area contributed by atoms with Gasteiger partial charge in [-0.05, 0) is 25.1 Å². The monoisotopic (exact) mass is 251 g/mol. The number of hydrogen-bond acceptors (Lipinski definition) is 4. The summed E-state index contributed by atoms with van der Waals surface area (Å²) in [7, 11) is 1.87. The van der Waals surface area contributed by atoms with Crippen molar-refractivity contribution in [2.24, 2.45) is 4.99 Å². The van der Waals surface area contributed by atoms with Gasteiger partial charge < -0.3 is 5.11 Å². The molecule has 5 heteroatoms. The lowest BCUT2D eigenvalue weighted by atomic mass is 10.0. The van der Waals surface area contributed by atoms with Crippen LogP contribution < -0.4 is 5.59 Å². The second-order valence-corrected chi connectivity index (χ2v) is 4.08. The number of aliphatic imine (C=N–C) groups is 1. The van der Waals surface area contributed by atoms with Gasteiger partial charge >= 0.3 is 0 Å². The van der Waals surface area contributed by atoms with E-state index in [0.29, 0.717) is 16.9 Å². The first-order valence-corrected chi connectivity index (χ1v) is 5.94. The topological polar surface area (TPSA) is 58.4 Å². The van der Waals surface area contributed by atoms with Crippen molar-refractivity contribution >= 4 is 31.4 Å². The van der Waals surface area contributed by atoms with Crippen LogP contribution in [0.2, 0.25) is 0 Å². The summed E-state index contributed by atoms with van der Waals surface area (Å²) in [6.45, 7) is 5.58. The molecule has 19 heavy (non-hydrogen) atoms. The number of benzene rings is 1. The van der Waals surface area contributed by atoms with E-state index in [9.17, 15) is 5.11 Å². The molecule has 94 valence electrons. The normalized spacial score (nSPS) is 10.8. The first kappa shape index (κ1) is 13.0. The second-order valence-electron chi connectivity index (χ2n) is 4.08. The Bertz CT molecular complexity index is 636. The minimum atomic E-state index is 0.129. The second kappa shape index (κ2) is 5.48. The maximum absolute atomic E-state index is 10.1. The van der Waals surface area contributed by atoms with E-state index in [2.05, 4.69) is 21.8 Å². The molecule has 0 unspecified atom stereocenters. The van der Waals surface area contributed by atoms with Crippen LogP contribution in [0.25, 0.3) is 17.3 Å². The van der Waals surface area contributed by atoms with E-state index < -0.39 is 0 Å². The maximum atomic E-state index is 10.1. The Labute approximate surface area is 113 Å². The zero-order valence-electron chi connectivity index (χ0n) is 11.0. The molecule has 2 aromatic rings. The van der Waals surface area contributed by atoms with Crippen molar-refractivity contribution < 1.29 is 5.11 Å². The highest BCUT2D eigenvalue weighted by Crippen LogP contribution is 2.34. The van der Waals surface area contributed by atoms with Gasteiger partial charge in [-0.3, -0.25) is 4.99 Å². The van der Waals surface area contributed by atoms with Gasteiger partial charge in [-0.2, -0.15) is 10.2 Å². The zero-order chi connectivity index (χ0) is 13.8. The Hall–Kier alpha value is -2.43. The van der Waals surface area contributed by atoms with Crippen molar-refractivity contribution in [1.82, 2.24) is 10.2 Å². The van der Waals surface area contributed by atoms with Crippen LogP contribution in [0.1, 0.15) is 12.5 Å². The smallest absolute Gasteiger partial charge is 0.166 e. The average Bonchev–Trinajstić information content (AvgIpc) is 2.41. The standard InChI is InChI=1S/C14H14BN3O/c1-3-9-7-10(11-5-6-14(15)18-17-11)13(19)8-12(9)16-4-2/h3-8,19H,1,15H2,2H3/b16-4-. The van der Waals surface area contributed by atoms with Crippen molar-refractivity contribution in [2.45, 2.75) is 6.92 Å². The lowest BCUT2D eigenvalue weighted by Gasteiger charge is -2.08. The van der Waals surface area contributed by atoms with Crippen LogP contribution in [-0.2, 0) is 0 Å². The molecule has 0 saturated heterocycles. The molecule has 0 radical (unpaired) electrons. The van der Waals surface area contributed by atoms with Crippen molar-refractivity contribution in [3.8, 4) is 17.0 Å². The molecule has 1 heterocycles. The number of hydrogen-bond donors (Lipinski definition) is 1. The van der Waals surface area contributed by atoms with E-state index in [1.807, 2.05) is 33.0 Å². The zero-order valence-corrected chi connectivity index (χ0v) is 11.0. The van der Waals surface area contributed by atoms with Gasteiger partial charge in [0.2, 0.25) is 0 Å². The third-order valence-electron chi connectivity index (χ3n) is 2.71. The number of aromatic hydroxyl groups is 1. The van der Waals surface area contributed by atoms with Crippen LogP contribution in [0.15, 0.2) is 35.8 Å². The van der Waals surface area contributed by atoms with Gasteiger partial charge in [0, 0.05) is 29.0 Å². The highest BCUT2D eigenvalue weighted by atomic mass is 16.3. The van der Waals surface area contributed by atoms with Crippen LogP contribution in [-0.4, -0.2) is 29.4 Å². The summed E-state index contributed by atoms with van der Waals surface area (Å²) >= 11 is 0. The third kappa shape index (κ3) is 2.70. The minimum Gasteiger partial charge on any atom is -0.507 e. The van der Waals surface area contributed by atoms with Gasteiger partial charge in [0.1, 0.15) is 5.75 Å². The summed E-state index contributed by atoms with van der Waals surface area (Å²) in [4.78, 5) is 4.19. The SMILES string of the molecule is Bc1ccc(-c2cc(C=C)c(/N=C\C)cc2O)nn1. The first-order valence-electron chi connectivity index (χ1n) is 5.94. The molecule has 0 aliphatic heterocycles. The van der Waals surface area contributed by atoms with Crippen LogP contribution in [0.4, 0.5) is 5.69 Å². The highest BCUT2D eigenvalue weighted by Gasteiger charge is 2.10. The molecule has 0 atom stereocenters. The summed E-state index contributed by atoms with van der Waals surface area (Å²) in [5.74, 6) is 0.129. The summed E-state index contributed by atoms with van der Waals surface area (Å²) < 4.78 is 0. The molecular weight excluding hydrogens is 237 g/mol. The van der Waals surface area contributed by atoms with Crippen LogP contribution in [0.5, 0.6) is 5.75 Å². The Balaban J connectivity index is 2.58. The van der Waals surface area contributed by atoms with Crippen molar-refractivity contribution in [2.75, 3.05) is 0 Å². The van der Waals surface area contributed by atoms with E-state index in [1.54, 1.807) is 18.4 Å². The number of rotatable bonds is 3. The lowest BCUT2D eigenvalue weighted by Crippen LogP contribution is -2.09. The summed E-state index contributed by atoms with van der Waals surface area (Å²) in [5, 5.41) is 18.2. The molecule has 0 bridgehead atoms. The molecule has 0 saturated carbocycles. The van der Waals surface area contributed by atoms with Gasteiger partial charge in [0.15, 0.2) is 7.85 Å². The predicted molar refractivity (Wildman–Crippen MR) is 81.2 cm³/mol. The quantitative estimate of drug-likeness (QED) is 0.663. The highest BCUT2D eigenvalue weighted by molar-refractivity contribution is 6.30. The molecule has 0 spiro atoms. The number of phenols is 1. The molecule has 0 aliphatic carbocycles. The van der Waals surface area contributed by atoms with Crippen LogP contribution in [0, 0.1) is 0 Å². The maximum Gasteiger partial charge on any atom is 0.166 e. The fraction of sp³-hybridized carbons (Fsp3) is 0.0714. The van der Waals surface area contributed by atoms with Gasteiger partial charge in [-0.1, -0.05) is 12.7 Å². The van der Waals surface area contributed by atoms with E-state index in [4.69, 9.17) is 0 Å². The molecule has 1 aromatic carbocycles. The van der Waals surface area contributed by atoms with E-state index in [-0.39, 0.29) is 5.75 Å². The molecule has 0 aliphatic rings. The Morgan fingerprint density at radius 3 is 2.68 bits per heavy atom. The molecular formula is C14H14BN3O. The Kier molecular flexibility index (Phi) is 3.75. The molecule has 1 N–H and O–H groups in total. The van der Waals surface area contributed by atoms with Gasteiger partial charge in [0.25, 0.3) is 0 Å². The van der Waals surface area contributed by atoms with Gasteiger partial charge in [-0.25, -0.2) is 0 Å². The van der Waals surface area contributed by atoms with E-state index in [0.717, 1.165) is 11.2 Å². The Morgan fingerprint density at radius 2 is 2.11 bits per heavy atom. The summed E-state index contributed by atoms with van der Waals surface area (Å²) in [6, 6.07) is 7.10. The average molecular weight is 251 g/mol. The largest absolute Gasteiger partial charge is 0.507 e. The number of nitrogens with zero attached hydrogens (tertiary/aromatic N) is 3. The van der Waals surface area contributed by atoms with Crippen LogP contribution in [0.3, 0.4) is 0 Å². The summed E-state index contributed by atoms with van der Waals surface area (Å²) in [5.41, 5.74) is 3.60. The predicted octanol–water partition coefficient (Wildman–Crippen LogP) is 1.47. The van der Waals surface area contributed by atoms with Crippen molar-refractivity contribution in [3.05, 3.63) is 36.4 Å². The number of phenolic OH excluding ortho intramolecular Hbond substituents is 1. The Morgan fingerprint density at radius 1 is 1.32 bits per heavy atom. The third-order valence-corrected chi connectivity index (χ3v) is 2.71. The molecule has 2 rings (SSSR count). The molecule has 4 nitrogen and oxygen atoms in total. The van der Waals surface area contributed by atoms with Gasteiger partial charge in [0.05, 0.1) is 11.4 Å². The summed E-state index contributed by atoms with van der Waals surface area (Å²) in [6.07, 6.45) is 3.38. The molecule has 0 amide bonds. The number of aromatic nitrogens is 2. The first-order chi connectivity index (χ1) is 9.15. The lowest BCUT2D eigenvalue weighted by molar-refractivity contribution is 0.477. The van der Waals surface area contributed by atoms with Crippen molar-refractivity contribution in [3.63, 3.8) is 0 Å². The molecule has 0 fully saturated rings. The van der Waals surface area contributed by atoms with E-state index in [1.165, 1.54) is 0 Å². The fourth-order valence-electron chi connectivity index (χ4n) is 1.76. The van der Waals surface area contributed by atoms with E-state index >= 15 is 0 Å². The molecule has 1 aromatic heterocycles. The fourth-order valence-corrected chi connectivity index (χ4v) is 1.76. The van der Waals surface area contributed by atoms with Crippen LogP contribution >= 0.6 is 0 Å². The minimum absolute atomic E-state index is 0.129.